The van der Waals surface area contributed by atoms with E-state index in [2.05, 4.69) is 99.2 Å². The topological polar surface area (TPSA) is 3.88 Å². The molecule has 1 nitrogen and oxygen atoms in total. The molecule has 2 bridgehead atoms. The van der Waals surface area contributed by atoms with Gasteiger partial charge in [0.1, 0.15) is 7.05 Å². The first-order valence-corrected chi connectivity index (χ1v) is 13.1. The SMILES string of the molecule is Cc1cc2c(cc1-c1c3ccc(C4CC5CCC4C5)cc3cc[n+]1C)C(C)(C)c1ccccc1-2. The Morgan fingerprint density at radius 3 is 2.47 bits per heavy atom. The number of hydrogen-bond acceptors (Lipinski definition) is 0. The molecule has 0 radical (unpaired) electrons. The Balaban J connectivity index is 1.39. The van der Waals surface area contributed by atoms with Gasteiger partial charge in [-0.3, -0.25) is 0 Å². The fourth-order valence-corrected chi connectivity index (χ4v) is 7.72. The van der Waals surface area contributed by atoms with Gasteiger partial charge in [0.2, 0.25) is 5.69 Å². The Hall–Kier alpha value is -2.93. The molecule has 1 heteroatoms. The summed E-state index contributed by atoms with van der Waals surface area (Å²) in [5.74, 6) is 2.68. The van der Waals surface area contributed by atoms with Crippen molar-refractivity contribution in [1.82, 2.24) is 0 Å². The molecule has 4 aromatic rings. The van der Waals surface area contributed by atoms with Crippen molar-refractivity contribution in [1.29, 1.82) is 0 Å². The van der Waals surface area contributed by atoms with Crippen molar-refractivity contribution >= 4 is 10.8 Å². The van der Waals surface area contributed by atoms with Crippen molar-refractivity contribution < 1.29 is 4.57 Å². The van der Waals surface area contributed by atoms with Crippen LogP contribution in [-0.2, 0) is 12.5 Å². The summed E-state index contributed by atoms with van der Waals surface area (Å²) in [6.45, 7) is 7.04. The van der Waals surface area contributed by atoms with E-state index in [9.17, 15) is 0 Å². The summed E-state index contributed by atoms with van der Waals surface area (Å²) in [6, 6.07) is 23.5. The summed E-state index contributed by atoms with van der Waals surface area (Å²) in [5, 5.41) is 2.75. The average Bonchev–Trinajstić information content (AvgIpc) is 3.52. The smallest absolute Gasteiger partial charge is 0.200 e. The van der Waals surface area contributed by atoms with Gasteiger partial charge in [-0.2, -0.15) is 0 Å². The summed E-state index contributed by atoms with van der Waals surface area (Å²) in [7, 11) is 2.20. The molecule has 0 saturated heterocycles. The Kier molecular flexibility index (Phi) is 4.23. The highest BCUT2D eigenvalue weighted by Crippen LogP contribution is 2.53. The fourth-order valence-electron chi connectivity index (χ4n) is 7.72. The summed E-state index contributed by atoms with van der Waals surface area (Å²) in [6.07, 6.45) is 8.03. The van der Waals surface area contributed by atoms with Gasteiger partial charge in [-0.05, 0) is 94.8 Å². The first kappa shape index (κ1) is 20.4. The molecular formula is C33H34N+. The van der Waals surface area contributed by atoms with Crippen LogP contribution in [0.1, 0.15) is 67.7 Å². The number of pyridine rings is 1. The van der Waals surface area contributed by atoms with Crippen LogP contribution in [-0.4, -0.2) is 0 Å². The molecule has 0 amide bonds. The van der Waals surface area contributed by atoms with Crippen LogP contribution in [0.25, 0.3) is 33.2 Å². The maximum Gasteiger partial charge on any atom is 0.220 e. The monoisotopic (exact) mass is 444 g/mol. The molecule has 2 fully saturated rings. The number of rotatable bonds is 2. The zero-order valence-electron chi connectivity index (χ0n) is 20.9. The molecular weight excluding hydrogens is 410 g/mol. The maximum absolute atomic E-state index is 2.51. The lowest BCUT2D eigenvalue weighted by molar-refractivity contribution is -0.659. The highest BCUT2D eigenvalue weighted by atomic mass is 14.9. The van der Waals surface area contributed by atoms with Crippen molar-refractivity contribution in [3.05, 3.63) is 89.1 Å². The number of benzene rings is 3. The fraction of sp³-hybridized carbons (Fsp3) is 0.364. The van der Waals surface area contributed by atoms with Crippen LogP contribution in [0.4, 0.5) is 0 Å². The summed E-state index contributed by atoms with van der Waals surface area (Å²) in [5.41, 5.74) is 11.3. The van der Waals surface area contributed by atoms with E-state index in [0.29, 0.717) is 0 Å². The third kappa shape index (κ3) is 2.76. The van der Waals surface area contributed by atoms with Gasteiger partial charge >= 0.3 is 0 Å². The first-order chi connectivity index (χ1) is 16.4. The van der Waals surface area contributed by atoms with E-state index >= 15 is 0 Å². The van der Waals surface area contributed by atoms with Crippen LogP contribution in [0.15, 0.2) is 66.9 Å². The highest BCUT2D eigenvalue weighted by molar-refractivity contribution is 5.95. The summed E-state index contributed by atoms with van der Waals surface area (Å²) in [4.78, 5) is 0. The van der Waals surface area contributed by atoms with Gasteiger partial charge in [-0.15, -0.1) is 0 Å². The lowest BCUT2D eigenvalue weighted by Crippen LogP contribution is -2.31. The van der Waals surface area contributed by atoms with E-state index in [-0.39, 0.29) is 5.41 Å². The van der Waals surface area contributed by atoms with Gasteiger partial charge in [0.05, 0.1) is 10.9 Å². The molecule has 3 aliphatic rings. The molecule has 3 atom stereocenters. The van der Waals surface area contributed by atoms with Gasteiger partial charge in [0.15, 0.2) is 6.20 Å². The van der Waals surface area contributed by atoms with Crippen molar-refractivity contribution in [3.63, 3.8) is 0 Å². The average molecular weight is 445 g/mol. The van der Waals surface area contributed by atoms with Crippen molar-refractivity contribution in [3.8, 4) is 22.4 Å². The third-order valence-corrected chi connectivity index (χ3v) is 9.51. The predicted molar refractivity (Wildman–Crippen MR) is 141 cm³/mol. The second-order valence-electron chi connectivity index (χ2n) is 11.8. The number of aryl methyl sites for hydroxylation is 2. The Labute approximate surface area is 203 Å². The van der Waals surface area contributed by atoms with E-state index in [0.717, 1.165) is 17.8 Å². The van der Waals surface area contributed by atoms with Crippen molar-refractivity contribution in [2.45, 2.75) is 57.8 Å². The van der Waals surface area contributed by atoms with Crippen LogP contribution < -0.4 is 4.57 Å². The van der Waals surface area contributed by atoms with Crippen LogP contribution in [0, 0.1) is 18.8 Å². The Morgan fingerprint density at radius 2 is 1.68 bits per heavy atom. The van der Waals surface area contributed by atoms with Gasteiger partial charge in [0.25, 0.3) is 0 Å². The second-order valence-corrected chi connectivity index (χ2v) is 11.8. The largest absolute Gasteiger partial charge is 0.220 e. The number of hydrogen-bond donors (Lipinski definition) is 0. The second kappa shape index (κ2) is 7.04. The number of nitrogens with zero attached hydrogens (tertiary/aromatic N) is 1. The molecule has 3 aliphatic carbocycles. The van der Waals surface area contributed by atoms with Crippen molar-refractivity contribution in [2.24, 2.45) is 18.9 Å². The predicted octanol–water partition coefficient (Wildman–Crippen LogP) is 7.85. The van der Waals surface area contributed by atoms with Gasteiger partial charge in [0, 0.05) is 11.5 Å². The minimum Gasteiger partial charge on any atom is -0.200 e. The molecule has 34 heavy (non-hydrogen) atoms. The molecule has 3 aromatic carbocycles. The van der Waals surface area contributed by atoms with E-state index in [1.807, 2.05) is 0 Å². The molecule has 0 N–H and O–H groups in total. The van der Waals surface area contributed by atoms with Crippen LogP contribution >= 0.6 is 0 Å². The van der Waals surface area contributed by atoms with E-state index in [1.165, 1.54) is 75.5 Å². The molecule has 3 unspecified atom stereocenters. The molecule has 0 spiro atoms. The molecule has 170 valence electrons. The zero-order chi connectivity index (χ0) is 23.2. The van der Waals surface area contributed by atoms with Crippen LogP contribution in [0.2, 0.25) is 0 Å². The highest BCUT2D eigenvalue weighted by Gasteiger charge is 2.40. The molecule has 1 aromatic heterocycles. The maximum atomic E-state index is 2.51. The quantitative estimate of drug-likeness (QED) is 0.277. The number of aromatic nitrogens is 1. The lowest BCUT2D eigenvalue weighted by atomic mass is 9.81. The van der Waals surface area contributed by atoms with E-state index in [1.54, 1.807) is 5.56 Å². The summed E-state index contributed by atoms with van der Waals surface area (Å²) < 4.78 is 2.32. The van der Waals surface area contributed by atoms with Crippen LogP contribution in [0.5, 0.6) is 0 Å². The van der Waals surface area contributed by atoms with Gasteiger partial charge in [-0.25, -0.2) is 4.57 Å². The molecule has 0 aliphatic heterocycles. The minimum atomic E-state index is 0.0203. The number of fused-ring (bicyclic) bond motifs is 6. The summed E-state index contributed by atoms with van der Waals surface area (Å²) >= 11 is 0. The molecule has 1 heterocycles. The first-order valence-electron chi connectivity index (χ1n) is 13.1. The minimum absolute atomic E-state index is 0.0203. The van der Waals surface area contributed by atoms with E-state index < -0.39 is 0 Å². The molecule has 2 saturated carbocycles. The zero-order valence-corrected chi connectivity index (χ0v) is 20.9. The lowest BCUT2D eigenvalue weighted by Gasteiger charge is -2.23. The third-order valence-electron chi connectivity index (χ3n) is 9.51. The van der Waals surface area contributed by atoms with Crippen molar-refractivity contribution in [2.75, 3.05) is 0 Å². The normalized spacial score (nSPS) is 23.9. The van der Waals surface area contributed by atoms with Crippen LogP contribution in [0.3, 0.4) is 0 Å². The molecule has 7 rings (SSSR count). The van der Waals surface area contributed by atoms with Gasteiger partial charge in [-0.1, -0.05) is 62.7 Å². The Bertz CT molecular complexity index is 1470. The van der Waals surface area contributed by atoms with E-state index in [4.69, 9.17) is 0 Å². The Morgan fingerprint density at radius 1 is 0.824 bits per heavy atom. The van der Waals surface area contributed by atoms with Gasteiger partial charge < -0.3 is 0 Å². The standard InChI is InChI=1S/C33H34N/c1-20-15-29-26-7-5-6-8-30(26)33(2,3)31(29)19-27(20)32-25-12-11-23(18-24(25)13-14-34(32)4)28-17-21-9-10-22(28)16-21/h5-8,11-15,18-19,21-22,28H,9-10,16-17H2,1-4H3/q+1.